The number of nitrogens with zero attached hydrogens (tertiary/aromatic N) is 2. The number of non-ortho nitro benzene ring substituents is 1. The molecule has 1 aliphatic heterocycles. The number of nitro benzene ring substituents is 1. The molecule has 0 bridgehead atoms. The van der Waals surface area contributed by atoms with Crippen molar-refractivity contribution in [3.05, 3.63) is 74.5 Å². The molecule has 1 fully saturated rings. The van der Waals surface area contributed by atoms with Crippen LogP contribution in [0.2, 0.25) is 5.02 Å². The second kappa shape index (κ2) is 8.05. The Morgan fingerprint density at radius 1 is 1.27 bits per heavy atom. The molecule has 0 aromatic heterocycles. The average molecular weight is 395 g/mol. The Morgan fingerprint density at radius 2 is 2.04 bits per heavy atom. The third-order valence-electron chi connectivity index (χ3n) is 4.27. The van der Waals surface area contributed by atoms with Crippen LogP contribution >= 0.6 is 23.4 Å². The second-order valence-corrected chi connectivity index (χ2v) is 7.60. The molecule has 0 N–H and O–H groups in total. The van der Waals surface area contributed by atoms with E-state index in [2.05, 4.69) is 0 Å². The van der Waals surface area contributed by atoms with E-state index in [0.29, 0.717) is 30.8 Å². The first-order valence-corrected chi connectivity index (χ1v) is 9.49. The Balaban J connectivity index is 1.77. The zero-order chi connectivity index (χ0) is 18.7. The third kappa shape index (κ3) is 3.99. The van der Waals surface area contributed by atoms with Gasteiger partial charge in [-0.1, -0.05) is 29.8 Å². The molecule has 2 aromatic carbocycles. The lowest BCUT2D eigenvalue weighted by molar-refractivity contribution is -0.384. The van der Waals surface area contributed by atoms with Crippen molar-refractivity contribution in [2.24, 2.45) is 0 Å². The number of carbonyl (C=O) groups excluding carboxylic acids is 1. The average Bonchev–Trinajstić information content (AvgIpc) is 2.88. The van der Waals surface area contributed by atoms with Crippen LogP contribution in [0.1, 0.15) is 27.6 Å². The summed E-state index contributed by atoms with van der Waals surface area (Å²) in [5.41, 5.74) is 0.585. The van der Waals surface area contributed by atoms with E-state index in [1.165, 1.54) is 24.3 Å². The lowest BCUT2D eigenvalue weighted by atomic mass is 10.1. The molecule has 1 aliphatic rings. The van der Waals surface area contributed by atoms with E-state index in [1.807, 2.05) is 0 Å². The number of hydrogen-bond donors (Lipinski definition) is 0. The van der Waals surface area contributed by atoms with E-state index in [4.69, 9.17) is 11.6 Å². The lowest BCUT2D eigenvalue weighted by Gasteiger charge is -2.21. The maximum absolute atomic E-state index is 14.0. The molecular weight excluding hydrogens is 379 g/mol. The predicted octanol–water partition coefficient (Wildman–Crippen LogP) is 4.71. The molecule has 1 unspecified atom stereocenters. The summed E-state index contributed by atoms with van der Waals surface area (Å²) in [4.78, 5) is 24.8. The smallest absolute Gasteiger partial charge is 0.270 e. The van der Waals surface area contributed by atoms with Gasteiger partial charge in [-0.2, -0.15) is 11.8 Å². The van der Waals surface area contributed by atoms with Gasteiger partial charge in [0.1, 0.15) is 5.82 Å². The Kier molecular flexibility index (Phi) is 5.78. The lowest BCUT2D eigenvalue weighted by Crippen LogP contribution is -2.33. The van der Waals surface area contributed by atoms with E-state index >= 15 is 0 Å². The fraction of sp³-hybridized carbons (Fsp3) is 0.278. The maximum Gasteiger partial charge on any atom is 0.270 e. The van der Waals surface area contributed by atoms with Gasteiger partial charge in [-0.25, -0.2) is 4.39 Å². The highest BCUT2D eigenvalue weighted by Gasteiger charge is 2.26. The van der Waals surface area contributed by atoms with Gasteiger partial charge in [-0.3, -0.25) is 14.9 Å². The number of hydrogen-bond acceptors (Lipinski definition) is 4. The number of thioether (sulfide) groups is 1. The summed E-state index contributed by atoms with van der Waals surface area (Å²) in [5.74, 6) is 0.0667. The molecule has 136 valence electrons. The van der Waals surface area contributed by atoms with Crippen LogP contribution in [0.3, 0.4) is 0 Å². The number of halogens is 2. The third-order valence-corrected chi connectivity index (χ3v) is 5.91. The molecular formula is C18H16ClFN2O3S. The van der Waals surface area contributed by atoms with E-state index in [9.17, 15) is 19.3 Å². The van der Waals surface area contributed by atoms with Crippen LogP contribution in [0, 0.1) is 15.9 Å². The number of nitro groups is 1. The molecule has 3 rings (SSSR count). The molecule has 0 saturated carbocycles. The molecule has 2 aromatic rings. The predicted molar refractivity (Wildman–Crippen MR) is 100 cm³/mol. The molecule has 1 amide bonds. The molecule has 0 radical (unpaired) electrons. The van der Waals surface area contributed by atoms with Gasteiger partial charge in [-0.15, -0.1) is 0 Å². The minimum absolute atomic E-state index is 0.0328. The minimum Gasteiger partial charge on any atom is -0.338 e. The summed E-state index contributed by atoms with van der Waals surface area (Å²) in [7, 11) is 0. The van der Waals surface area contributed by atoms with Crippen LogP contribution in [0.4, 0.5) is 10.1 Å². The molecule has 26 heavy (non-hydrogen) atoms. The number of benzene rings is 2. The van der Waals surface area contributed by atoms with E-state index in [1.54, 1.807) is 34.9 Å². The minimum atomic E-state index is -0.556. The topological polar surface area (TPSA) is 63.4 Å². The largest absolute Gasteiger partial charge is 0.338 e. The first-order chi connectivity index (χ1) is 12.5. The molecule has 1 atom stereocenters. The highest BCUT2D eigenvalue weighted by atomic mass is 35.5. The monoisotopic (exact) mass is 394 g/mol. The highest BCUT2D eigenvalue weighted by Crippen LogP contribution is 2.36. The fourth-order valence-corrected chi connectivity index (χ4v) is 4.37. The van der Waals surface area contributed by atoms with Crippen molar-refractivity contribution in [1.29, 1.82) is 0 Å². The zero-order valence-electron chi connectivity index (χ0n) is 13.7. The van der Waals surface area contributed by atoms with Crippen LogP contribution in [0.5, 0.6) is 0 Å². The number of amides is 1. The molecule has 0 aliphatic carbocycles. The normalized spacial score (nSPS) is 17.6. The fourth-order valence-electron chi connectivity index (χ4n) is 2.92. The summed E-state index contributed by atoms with van der Waals surface area (Å²) < 4.78 is 14.0. The van der Waals surface area contributed by atoms with Gasteiger partial charge in [0, 0.05) is 41.8 Å². The zero-order valence-corrected chi connectivity index (χ0v) is 15.3. The Morgan fingerprint density at radius 3 is 2.77 bits per heavy atom. The van der Waals surface area contributed by atoms with Gasteiger partial charge < -0.3 is 4.90 Å². The van der Waals surface area contributed by atoms with E-state index in [0.717, 1.165) is 0 Å². The molecule has 1 saturated heterocycles. The van der Waals surface area contributed by atoms with Crippen molar-refractivity contribution in [3.8, 4) is 0 Å². The summed E-state index contributed by atoms with van der Waals surface area (Å²) in [6.45, 7) is 0.914. The Hall–Kier alpha value is -2.12. The van der Waals surface area contributed by atoms with Gasteiger partial charge in [0.25, 0.3) is 11.6 Å². The molecule has 1 heterocycles. The quantitative estimate of drug-likeness (QED) is 0.558. The van der Waals surface area contributed by atoms with Crippen LogP contribution in [-0.2, 0) is 0 Å². The Labute approximate surface area is 159 Å². The van der Waals surface area contributed by atoms with Gasteiger partial charge in [0.15, 0.2) is 0 Å². The van der Waals surface area contributed by atoms with Gasteiger partial charge in [0.2, 0.25) is 0 Å². The van der Waals surface area contributed by atoms with Crippen molar-refractivity contribution >= 4 is 35.0 Å². The number of rotatable bonds is 3. The van der Waals surface area contributed by atoms with Crippen LogP contribution in [0.15, 0.2) is 42.5 Å². The second-order valence-electron chi connectivity index (χ2n) is 5.88. The standard InChI is InChI=1S/C18H16ClFN2O3S/c19-15-6-5-12(22(24)25)11-14(15)18(23)21-8-7-17(26-10-9-21)13-3-1-2-4-16(13)20/h1-6,11,17H,7-10H2. The van der Waals surface area contributed by atoms with Gasteiger partial charge in [-0.05, 0) is 18.6 Å². The first kappa shape index (κ1) is 18.7. The van der Waals surface area contributed by atoms with Crippen LogP contribution < -0.4 is 0 Å². The Bertz CT molecular complexity index is 849. The highest BCUT2D eigenvalue weighted by molar-refractivity contribution is 7.99. The molecule has 5 nitrogen and oxygen atoms in total. The van der Waals surface area contributed by atoms with Crippen molar-refractivity contribution in [2.45, 2.75) is 11.7 Å². The van der Waals surface area contributed by atoms with Crippen molar-refractivity contribution in [1.82, 2.24) is 4.90 Å². The number of carbonyl (C=O) groups is 1. The maximum atomic E-state index is 14.0. The van der Waals surface area contributed by atoms with E-state index in [-0.39, 0.29) is 33.2 Å². The summed E-state index contributed by atoms with van der Waals surface area (Å²) in [5, 5.41) is 11.1. The summed E-state index contributed by atoms with van der Waals surface area (Å²) in [6, 6.07) is 10.5. The van der Waals surface area contributed by atoms with Crippen molar-refractivity contribution in [2.75, 3.05) is 18.8 Å². The van der Waals surface area contributed by atoms with Crippen molar-refractivity contribution < 1.29 is 14.1 Å². The van der Waals surface area contributed by atoms with Crippen LogP contribution in [0.25, 0.3) is 0 Å². The molecule has 8 heteroatoms. The van der Waals surface area contributed by atoms with Crippen LogP contribution in [-0.4, -0.2) is 34.6 Å². The van der Waals surface area contributed by atoms with Crippen molar-refractivity contribution in [3.63, 3.8) is 0 Å². The SMILES string of the molecule is O=C(c1cc([N+](=O)[O-])ccc1Cl)N1CCSC(c2ccccc2F)CC1. The first-order valence-electron chi connectivity index (χ1n) is 8.06. The summed E-state index contributed by atoms with van der Waals surface area (Å²) in [6.07, 6.45) is 0.601. The summed E-state index contributed by atoms with van der Waals surface area (Å²) >= 11 is 7.68. The molecule has 0 spiro atoms. The van der Waals surface area contributed by atoms with Gasteiger partial charge in [0.05, 0.1) is 15.5 Å². The van der Waals surface area contributed by atoms with Gasteiger partial charge >= 0.3 is 0 Å². The van der Waals surface area contributed by atoms with E-state index < -0.39 is 4.92 Å².